The highest BCUT2D eigenvalue weighted by atomic mass is 16.5. The fourth-order valence-corrected chi connectivity index (χ4v) is 3.05. The van der Waals surface area contributed by atoms with Crippen molar-refractivity contribution in [3.05, 3.63) is 11.6 Å². The zero-order chi connectivity index (χ0) is 18.6. The Bertz CT molecular complexity index is 320. The second kappa shape index (κ2) is 19.5. The van der Waals surface area contributed by atoms with E-state index >= 15 is 0 Å². The summed E-state index contributed by atoms with van der Waals surface area (Å²) in [6.07, 6.45) is 23.6. The Morgan fingerprint density at radius 1 is 0.680 bits per heavy atom. The largest absolute Gasteiger partial charge is 0.462 e. The Hall–Kier alpha value is -0.790. The Morgan fingerprint density at radius 2 is 1.04 bits per heavy atom. The molecule has 0 aliphatic heterocycles. The molecule has 0 amide bonds. The first-order chi connectivity index (χ1) is 12.2. The van der Waals surface area contributed by atoms with Crippen molar-refractivity contribution in [2.45, 2.75) is 124 Å². The van der Waals surface area contributed by atoms with Crippen molar-refractivity contribution in [1.82, 2.24) is 0 Å². The summed E-state index contributed by atoms with van der Waals surface area (Å²) in [5.74, 6) is -0.163. The van der Waals surface area contributed by atoms with E-state index < -0.39 is 0 Å². The van der Waals surface area contributed by atoms with Crippen molar-refractivity contribution >= 4 is 5.97 Å². The number of esters is 1. The quantitative estimate of drug-likeness (QED) is 0.143. The van der Waals surface area contributed by atoms with Crippen LogP contribution in [0.4, 0.5) is 0 Å². The second-order valence-corrected chi connectivity index (χ2v) is 7.41. The molecule has 0 fully saturated rings. The van der Waals surface area contributed by atoms with Crippen LogP contribution < -0.4 is 0 Å². The summed E-state index contributed by atoms with van der Waals surface area (Å²) in [5.41, 5.74) is 0.705. The van der Waals surface area contributed by atoms with Crippen LogP contribution in [-0.2, 0) is 9.53 Å². The number of hydrogen-bond acceptors (Lipinski definition) is 2. The van der Waals surface area contributed by atoms with Gasteiger partial charge in [0, 0.05) is 5.57 Å². The summed E-state index contributed by atoms with van der Waals surface area (Å²) >= 11 is 0. The first-order valence-corrected chi connectivity index (χ1v) is 11.0. The molecule has 0 spiro atoms. The molecule has 0 heterocycles. The molecule has 25 heavy (non-hydrogen) atoms. The van der Waals surface area contributed by atoms with Crippen LogP contribution in [0, 0.1) is 0 Å². The minimum Gasteiger partial charge on any atom is -0.462 e. The third-order valence-electron chi connectivity index (χ3n) is 4.99. The lowest BCUT2D eigenvalue weighted by Crippen LogP contribution is -2.06. The number of ether oxygens (including phenoxy) is 1. The molecular formula is C23H44O2. The highest BCUT2D eigenvalue weighted by molar-refractivity contribution is 5.87. The van der Waals surface area contributed by atoms with Crippen LogP contribution in [0.3, 0.4) is 0 Å². The van der Waals surface area contributed by atoms with Crippen molar-refractivity contribution in [3.63, 3.8) is 0 Å². The van der Waals surface area contributed by atoms with Crippen molar-refractivity contribution < 1.29 is 9.53 Å². The topological polar surface area (TPSA) is 26.3 Å². The number of hydrogen-bond donors (Lipinski definition) is 0. The number of rotatable bonds is 18. The van der Waals surface area contributed by atoms with Gasteiger partial charge in [-0.15, -0.1) is 0 Å². The first-order valence-electron chi connectivity index (χ1n) is 11.0. The van der Waals surface area contributed by atoms with Crippen molar-refractivity contribution in [3.8, 4) is 0 Å². The molecule has 0 radical (unpaired) electrons. The van der Waals surface area contributed by atoms with Gasteiger partial charge in [0.25, 0.3) is 0 Å². The minimum absolute atomic E-state index is 0.163. The molecule has 0 saturated carbocycles. The van der Waals surface area contributed by atoms with Crippen LogP contribution in [0.1, 0.15) is 124 Å². The first kappa shape index (κ1) is 24.2. The van der Waals surface area contributed by atoms with Gasteiger partial charge in [0.15, 0.2) is 0 Å². The highest BCUT2D eigenvalue weighted by Gasteiger charge is 2.03. The normalized spacial score (nSPS) is 11.7. The molecule has 2 heteroatoms. The van der Waals surface area contributed by atoms with Gasteiger partial charge < -0.3 is 4.74 Å². The van der Waals surface area contributed by atoms with Gasteiger partial charge in [-0.25, -0.2) is 4.79 Å². The van der Waals surface area contributed by atoms with Gasteiger partial charge in [-0.3, -0.25) is 0 Å². The van der Waals surface area contributed by atoms with Crippen LogP contribution in [0.25, 0.3) is 0 Å². The Labute approximate surface area is 157 Å². The lowest BCUT2D eigenvalue weighted by Gasteiger charge is -2.05. The molecule has 0 unspecified atom stereocenters. The average molecular weight is 353 g/mol. The van der Waals surface area contributed by atoms with Gasteiger partial charge in [-0.1, -0.05) is 109 Å². The average Bonchev–Trinajstić information content (AvgIpc) is 2.63. The lowest BCUT2D eigenvalue weighted by molar-refractivity contribution is -0.139. The van der Waals surface area contributed by atoms with Gasteiger partial charge in [0.1, 0.15) is 0 Å². The highest BCUT2D eigenvalue weighted by Crippen LogP contribution is 2.13. The zero-order valence-corrected chi connectivity index (χ0v) is 17.4. The number of unbranched alkanes of at least 4 members (excludes halogenated alkanes) is 15. The maximum atomic E-state index is 11.4. The van der Waals surface area contributed by atoms with Crippen molar-refractivity contribution in [1.29, 1.82) is 0 Å². The predicted molar refractivity (Wildman–Crippen MR) is 110 cm³/mol. The zero-order valence-electron chi connectivity index (χ0n) is 17.4. The van der Waals surface area contributed by atoms with E-state index in [2.05, 4.69) is 6.92 Å². The third-order valence-corrected chi connectivity index (χ3v) is 4.99. The molecule has 0 rings (SSSR count). The predicted octanol–water partition coefficient (Wildman–Crippen LogP) is 7.76. The molecule has 0 aromatic heterocycles. The van der Waals surface area contributed by atoms with E-state index in [0.29, 0.717) is 12.2 Å². The monoisotopic (exact) mass is 352 g/mol. The number of allylic oxidation sites excluding steroid dienone is 1. The fourth-order valence-electron chi connectivity index (χ4n) is 3.05. The summed E-state index contributed by atoms with van der Waals surface area (Å²) in [5, 5.41) is 0. The van der Waals surface area contributed by atoms with Gasteiger partial charge in [0.2, 0.25) is 0 Å². The molecular weight excluding hydrogens is 308 g/mol. The Balaban J connectivity index is 3.11. The molecule has 0 N–H and O–H groups in total. The molecule has 2 nitrogen and oxygen atoms in total. The summed E-state index contributed by atoms with van der Waals surface area (Å²) in [4.78, 5) is 11.4. The Kier molecular flexibility index (Phi) is 18.9. The third kappa shape index (κ3) is 17.8. The molecule has 0 saturated heterocycles. The minimum atomic E-state index is -0.163. The van der Waals surface area contributed by atoms with E-state index in [1.165, 1.54) is 96.3 Å². The summed E-state index contributed by atoms with van der Waals surface area (Å²) < 4.78 is 5.21. The van der Waals surface area contributed by atoms with Gasteiger partial charge in [-0.05, 0) is 20.3 Å². The Morgan fingerprint density at radius 3 is 1.40 bits per heavy atom. The second-order valence-electron chi connectivity index (χ2n) is 7.41. The molecule has 0 aliphatic rings. The molecule has 148 valence electrons. The molecule has 0 atom stereocenters. The van der Waals surface area contributed by atoms with E-state index in [1.807, 2.05) is 6.92 Å². The summed E-state index contributed by atoms with van der Waals surface area (Å²) in [6.45, 7) is 6.52. The molecule has 0 bridgehead atoms. The van der Waals surface area contributed by atoms with Crippen LogP contribution in [0.15, 0.2) is 11.6 Å². The van der Waals surface area contributed by atoms with Crippen LogP contribution in [0.5, 0.6) is 0 Å². The van der Waals surface area contributed by atoms with Crippen LogP contribution in [-0.4, -0.2) is 12.6 Å². The smallest absolute Gasteiger partial charge is 0.333 e. The SMILES string of the molecule is C/C=C(\C)C(=O)OCCCCCCCCCCCCCCCCCC. The maximum absolute atomic E-state index is 11.4. The summed E-state index contributed by atoms with van der Waals surface area (Å²) in [6, 6.07) is 0. The number of carbonyl (C=O) groups excluding carboxylic acids is 1. The van der Waals surface area contributed by atoms with Gasteiger partial charge in [-0.2, -0.15) is 0 Å². The molecule has 0 aromatic carbocycles. The van der Waals surface area contributed by atoms with E-state index in [0.717, 1.165) is 6.42 Å². The van der Waals surface area contributed by atoms with E-state index in [-0.39, 0.29) is 5.97 Å². The van der Waals surface area contributed by atoms with E-state index in [1.54, 1.807) is 13.0 Å². The van der Waals surface area contributed by atoms with Gasteiger partial charge >= 0.3 is 5.97 Å². The van der Waals surface area contributed by atoms with E-state index in [9.17, 15) is 4.79 Å². The molecule has 0 aromatic rings. The van der Waals surface area contributed by atoms with Crippen molar-refractivity contribution in [2.75, 3.05) is 6.61 Å². The standard InChI is InChI=1S/C23H44O2/c1-4-6-7-8-9-10-11-12-13-14-15-16-17-18-19-20-21-25-23(24)22(3)5-2/h5H,4,6-21H2,1-3H3/b22-5+. The van der Waals surface area contributed by atoms with Gasteiger partial charge in [0.05, 0.1) is 6.61 Å². The van der Waals surface area contributed by atoms with Crippen LogP contribution in [0.2, 0.25) is 0 Å². The fraction of sp³-hybridized carbons (Fsp3) is 0.870. The molecule has 0 aliphatic carbocycles. The maximum Gasteiger partial charge on any atom is 0.333 e. The van der Waals surface area contributed by atoms with Crippen LogP contribution >= 0.6 is 0 Å². The van der Waals surface area contributed by atoms with Crippen molar-refractivity contribution in [2.24, 2.45) is 0 Å². The summed E-state index contributed by atoms with van der Waals surface area (Å²) in [7, 11) is 0. The van der Waals surface area contributed by atoms with E-state index in [4.69, 9.17) is 4.74 Å². The lowest BCUT2D eigenvalue weighted by atomic mass is 10.0. The number of carbonyl (C=O) groups is 1.